The van der Waals surface area contributed by atoms with Crippen LogP contribution in [0.1, 0.15) is 31.9 Å². The highest BCUT2D eigenvalue weighted by Crippen LogP contribution is 2.29. The van der Waals surface area contributed by atoms with Crippen molar-refractivity contribution in [2.24, 2.45) is 0 Å². The highest BCUT2D eigenvalue weighted by atomic mass is 35.7. The normalized spacial score (nSPS) is 12.8. The van der Waals surface area contributed by atoms with E-state index in [2.05, 4.69) is 25.8 Å². The molecule has 0 unspecified atom stereocenters. The topological polar surface area (TPSA) is 47.0 Å². The molecule has 2 rings (SSSR count). The predicted molar refractivity (Wildman–Crippen MR) is 78.9 cm³/mol. The molecule has 0 aliphatic rings. The fraction of sp³-hybridized carbons (Fsp3) is 0.357. The molecule has 1 aromatic heterocycles. The summed E-state index contributed by atoms with van der Waals surface area (Å²) in [6, 6.07) is 5.57. The average Bonchev–Trinajstić information content (AvgIpc) is 2.24. The maximum atomic E-state index is 11.1. The van der Waals surface area contributed by atoms with E-state index in [-0.39, 0.29) is 11.2 Å². The van der Waals surface area contributed by atoms with Gasteiger partial charge in [0.15, 0.2) is 0 Å². The molecule has 0 saturated heterocycles. The molecule has 0 atom stereocenters. The quantitative estimate of drug-likeness (QED) is 0.796. The van der Waals surface area contributed by atoms with Gasteiger partial charge in [0.05, 0.1) is 5.75 Å². The van der Waals surface area contributed by atoms with E-state index in [1.807, 2.05) is 18.3 Å². The van der Waals surface area contributed by atoms with Crippen molar-refractivity contribution in [2.75, 3.05) is 0 Å². The molecular weight excluding hydrogens is 282 g/mol. The summed E-state index contributed by atoms with van der Waals surface area (Å²) in [6.45, 7) is 6.38. The molecule has 0 N–H and O–H groups in total. The van der Waals surface area contributed by atoms with Crippen LogP contribution in [0.2, 0.25) is 0 Å². The number of pyridine rings is 1. The van der Waals surface area contributed by atoms with Gasteiger partial charge in [0.25, 0.3) is 0 Å². The van der Waals surface area contributed by atoms with Crippen molar-refractivity contribution in [1.29, 1.82) is 0 Å². The van der Waals surface area contributed by atoms with E-state index in [9.17, 15) is 8.42 Å². The van der Waals surface area contributed by atoms with Crippen LogP contribution in [0.3, 0.4) is 0 Å². The molecule has 0 radical (unpaired) electrons. The van der Waals surface area contributed by atoms with Crippen LogP contribution in [-0.4, -0.2) is 13.4 Å². The largest absolute Gasteiger partial charge is 0.264 e. The molecule has 102 valence electrons. The van der Waals surface area contributed by atoms with Gasteiger partial charge < -0.3 is 0 Å². The van der Waals surface area contributed by atoms with Gasteiger partial charge >= 0.3 is 0 Å². The van der Waals surface area contributed by atoms with Crippen LogP contribution < -0.4 is 0 Å². The number of hydrogen-bond donors (Lipinski definition) is 0. The van der Waals surface area contributed by atoms with Gasteiger partial charge in [-0.1, -0.05) is 32.9 Å². The van der Waals surface area contributed by atoms with Crippen LogP contribution in [0, 0.1) is 0 Å². The molecule has 0 amide bonds. The van der Waals surface area contributed by atoms with Crippen molar-refractivity contribution in [2.45, 2.75) is 31.9 Å². The molecule has 5 heteroatoms. The molecular formula is C14H16ClNO2S. The molecule has 2 aromatic rings. The van der Waals surface area contributed by atoms with E-state index in [4.69, 9.17) is 10.7 Å². The van der Waals surface area contributed by atoms with Crippen molar-refractivity contribution < 1.29 is 8.42 Å². The van der Waals surface area contributed by atoms with Gasteiger partial charge in [-0.2, -0.15) is 0 Å². The monoisotopic (exact) mass is 297 g/mol. The van der Waals surface area contributed by atoms with Crippen LogP contribution in [0.25, 0.3) is 10.8 Å². The van der Waals surface area contributed by atoms with Crippen molar-refractivity contribution in [1.82, 2.24) is 4.98 Å². The minimum absolute atomic E-state index is 0.00735. The molecule has 0 aliphatic heterocycles. The number of benzene rings is 1. The molecule has 1 heterocycles. The summed E-state index contributed by atoms with van der Waals surface area (Å²) in [5.74, 6) is -0.162. The van der Waals surface area contributed by atoms with Crippen molar-refractivity contribution in [3.8, 4) is 0 Å². The first-order valence-corrected chi connectivity index (χ1v) is 8.44. The molecule has 0 fully saturated rings. The number of hydrogen-bond acceptors (Lipinski definition) is 3. The van der Waals surface area contributed by atoms with E-state index in [1.165, 1.54) is 0 Å². The first-order valence-electron chi connectivity index (χ1n) is 5.96. The van der Waals surface area contributed by atoms with E-state index < -0.39 is 9.05 Å². The first-order chi connectivity index (χ1) is 8.67. The van der Waals surface area contributed by atoms with Gasteiger partial charge in [-0.25, -0.2) is 8.42 Å². The zero-order valence-corrected chi connectivity index (χ0v) is 12.7. The van der Waals surface area contributed by atoms with Crippen LogP contribution in [0.4, 0.5) is 0 Å². The minimum atomic E-state index is -3.53. The van der Waals surface area contributed by atoms with Crippen LogP contribution >= 0.6 is 10.7 Å². The van der Waals surface area contributed by atoms with E-state index >= 15 is 0 Å². The summed E-state index contributed by atoms with van der Waals surface area (Å²) in [4.78, 5) is 4.23. The lowest BCUT2D eigenvalue weighted by Crippen LogP contribution is -2.12. The Morgan fingerprint density at radius 3 is 2.47 bits per heavy atom. The van der Waals surface area contributed by atoms with Crippen LogP contribution in [-0.2, 0) is 20.2 Å². The third kappa shape index (κ3) is 3.45. The summed E-state index contributed by atoms with van der Waals surface area (Å²) in [5.41, 5.74) is 1.81. The highest BCUT2D eigenvalue weighted by molar-refractivity contribution is 8.13. The molecule has 0 saturated carbocycles. The lowest BCUT2D eigenvalue weighted by molar-refractivity contribution is 0.593. The first kappa shape index (κ1) is 14.3. The van der Waals surface area contributed by atoms with Gasteiger partial charge in [0.1, 0.15) is 0 Å². The van der Waals surface area contributed by atoms with Crippen molar-refractivity contribution >= 4 is 30.5 Å². The molecule has 1 aromatic carbocycles. The van der Waals surface area contributed by atoms with Gasteiger partial charge in [-0.15, -0.1) is 0 Å². The van der Waals surface area contributed by atoms with Crippen LogP contribution in [0.5, 0.6) is 0 Å². The van der Waals surface area contributed by atoms with E-state index in [1.54, 1.807) is 12.3 Å². The fourth-order valence-corrected chi connectivity index (χ4v) is 3.07. The third-order valence-corrected chi connectivity index (χ3v) is 3.98. The SMILES string of the molecule is CC(C)(C)c1cncc2cc(CS(=O)(=O)Cl)ccc12. The summed E-state index contributed by atoms with van der Waals surface area (Å²) in [5, 5.41) is 2.03. The Kier molecular flexibility index (Phi) is 3.58. The zero-order chi connectivity index (χ0) is 14.3. The standard InChI is InChI=1S/C14H16ClNO2S/c1-14(2,3)13-8-16-7-11-6-10(4-5-12(11)13)9-19(15,17)18/h4-8H,9H2,1-3H3. The summed E-state index contributed by atoms with van der Waals surface area (Å²) in [6.07, 6.45) is 3.61. The molecule has 0 aliphatic carbocycles. The summed E-state index contributed by atoms with van der Waals surface area (Å²) >= 11 is 0. The average molecular weight is 298 g/mol. The zero-order valence-electron chi connectivity index (χ0n) is 11.1. The molecule has 3 nitrogen and oxygen atoms in total. The van der Waals surface area contributed by atoms with Crippen molar-refractivity contribution in [3.63, 3.8) is 0 Å². The lowest BCUT2D eigenvalue weighted by atomic mass is 9.85. The Hall–Kier alpha value is -1.13. The van der Waals surface area contributed by atoms with Crippen molar-refractivity contribution in [3.05, 3.63) is 41.7 Å². The number of halogens is 1. The number of aromatic nitrogens is 1. The van der Waals surface area contributed by atoms with Gasteiger partial charge in [0.2, 0.25) is 9.05 Å². The maximum absolute atomic E-state index is 11.1. The smallest absolute Gasteiger partial charge is 0.236 e. The van der Waals surface area contributed by atoms with E-state index in [0.29, 0.717) is 5.56 Å². The Morgan fingerprint density at radius 2 is 1.89 bits per heavy atom. The Bertz CT molecular complexity index is 718. The Labute approximate surface area is 118 Å². The molecule has 19 heavy (non-hydrogen) atoms. The van der Waals surface area contributed by atoms with E-state index in [0.717, 1.165) is 16.3 Å². The minimum Gasteiger partial charge on any atom is -0.264 e. The number of fused-ring (bicyclic) bond motifs is 1. The van der Waals surface area contributed by atoms with Gasteiger partial charge in [0, 0.05) is 28.5 Å². The number of rotatable bonds is 2. The maximum Gasteiger partial charge on any atom is 0.236 e. The Morgan fingerprint density at radius 1 is 1.21 bits per heavy atom. The predicted octanol–water partition coefficient (Wildman–Crippen LogP) is 3.60. The molecule has 0 spiro atoms. The Balaban J connectivity index is 2.58. The third-order valence-electron chi connectivity index (χ3n) is 2.97. The second kappa shape index (κ2) is 4.76. The number of nitrogens with zero attached hydrogens (tertiary/aromatic N) is 1. The second-order valence-corrected chi connectivity index (χ2v) is 8.45. The summed E-state index contributed by atoms with van der Waals surface area (Å²) in [7, 11) is 1.75. The summed E-state index contributed by atoms with van der Waals surface area (Å²) < 4.78 is 22.2. The fourth-order valence-electron chi connectivity index (χ4n) is 2.11. The van der Waals surface area contributed by atoms with Gasteiger partial charge in [-0.3, -0.25) is 4.98 Å². The second-order valence-electron chi connectivity index (χ2n) is 5.68. The molecule has 0 bridgehead atoms. The van der Waals surface area contributed by atoms with Gasteiger partial charge in [-0.05, 0) is 28.0 Å². The van der Waals surface area contributed by atoms with Crippen LogP contribution in [0.15, 0.2) is 30.6 Å². The highest BCUT2D eigenvalue weighted by Gasteiger charge is 2.17. The lowest BCUT2D eigenvalue weighted by Gasteiger charge is -2.20.